The van der Waals surface area contributed by atoms with Gasteiger partial charge in [0.1, 0.15) is 0 Å². The van der Waals surface area contributed by atoms with Crippen LogP contribution in [0.15, 0.2) is 0 Å². The van der Waals surface area contributed by atoms with E-state index < -0.39 is 0 Å². The van der Waals surface area contributed by atoms with Gasteiger partial charge >= 0.3 is 0 Å². The van der Waals surface area contributed by atoms with Crippen LogP contribution in [-0.2, 0) is 4.74 Å². The van der Waals surface area contributed by atoms with Crippen molar-refractivity contribution in [1.82, 2.24) is 4.90 Å². The van der Waals surface area contributed by atoms with Crippen LogP contribution >= 0.6 is 0 Å². The minimum Gasteiger partial charge on any atom is -0.378 e. The molecule has 0 radical (unpaired) electrons. The molecule has 0 saturated carbocycles. The topological polar surface area (TPSA) is 29.5 Å². The van der Waals surface area contributed by atoms with Gasteiger partial charge in [-0.3, -0.25) is 4.79 Å². The standard InChI is InChI=1S/C16H23NO2/c1-10-11(2)13(4)15(14(5)12(10)3)16(18)17-6-8-19-9-7-17/h6-9H2,1-5H3. The Morgan fingerprint density at radius 3 is 1.74 bits per heavy atom. The SMILES string of the molecule is Cc1c(C)c(C)c(C(=O)N2CCOCC2)c(C)c1C. The molecular weight excluding hydrogens is 238 g/mol. The number of nitrogens with zero attached hydrogens (tertiary/aromatic N) is 1. The van der Waals surface area contributed by atoms with Gasteiger partial charge in [-0.05, 0) is 62.4 Å². The fourth-order valence-electron chi connectivity index (χ4n) is 2.75. The lowest BCUT2D eigenvalue weighted by Gasteiger charge is -2.29. The molecule has 3 heteroatoms. The number of carbonyl (C=O) groups excluding carboxylic acids is 1. The highest BCUT2D eigenvalue weighted by molar-refractivity contribution is 5.98. The van der Waals surface area contributed by atoms with E-state index in [2.05, 4.69) is 34.6 Å². The van der Waals surface area contributed by atoms with Crippen LogP contribution in [0.5, 0.6) is 0 Å². The van der Waals surface area contributed by atoms with Gasteiger partial charge in [0, 0.05) is 18.7 Å². The normalized spacial score (nSPS) is 15.7. The Morgan fingerprint density at radius 2 is 1.26 bits per heavy atom. The molecule has 1 aliphatic heterocycles. The van der Waals surface area contributed by atoms with Crippen molar-refractivity contribution in [3.63, 3.8) is 0 Å². The molecule has 2 rings (SSSR count). The van der Waals surface area contributed by atoms with Gasteiger partial charge in [-0.2, -0.15) is 0 Å². The van der Waals surface area contributed by atoms with Crippen LogP contribution in [0.25, 0.3) is 0 Å². The summed E-state index contributed by atoms with van der Waals surface area (Å²) in [4.78, 5) is 14.6. The first-order valence-corrected chi connectivity index (χ1v) is 6.89. The zero-order valence-electron chi connectivity index (χ0n) is 12.6. The van der Waals surface area contributed by atoms with Gasteiger partial charge < -0.3 is 9.64 Å². The number of morpholine rings is 1. The molecule has 1 aliphatic rings. The highest BCUT2D eigenvalue weighted by atomic mass is 16.5. The average Bonchev–Trinajstić information content (AvgIpc) is 2.44. The number of rotatable bonds is 1. The molecule has 19 heavy (non-hydrogen) atoms. The van der Waals surface area contributed by atoms with E-state index in [0.717, 1.165) is 16.7 Å². The summed E-state index contributed by atoms with van der Waals surface area (Å²) in [7, 11) is 0. The molecule has 0 bridgehead atoms. The Labute approximate surface area is 115 Å². The number of carbonyl (C=O) groups is 1. The van der Waals surface area contributed by atoms with Gasteiger partial charge in [0.2, 0.25) is 0 Å². The van der Waals surface area contributed by atoms with Crippen LogP contribution in [-0.4, -0.2) is 37.1 Å². The molecule has 0 aliphatic carbocycles. The van der Waals surface area contributed by atoms with E-state index in [1.807, 2.05) is 4.90 Å². The molecule has 1 amide bonds. The maximum absolute atomic E-state index is 12.7. The van der Waals surface area contributed by atoms with E-state index in [9.17, 15) is 4.79 Å². The molecule has 0 spiro atoms. The van der Waals surface area contributed by atoms with Crippen molar-refractivity contribution in [2.24, 2.45) is 0 Å². The molecule has 3 nitrogen and oxygen atoms in total. The van der Waals surface area contributed by atoms with Crippen LogP contribution in [0.4, 0.5) is 0 Å². The molecule has 1 saturated heterocycles. The maximum Gasteiger partial charge on any atom is 0.254 e. The van der Waals surface area contributed by atoms with Crippen molar-refractivity contribution in [2.75, 3.05) is 26.3 Å². The van der Waals surface area contributed by atoms with Crippen LogP contribution in [0, 0.1) is 34.6 Å². The largest absolute Gasteiger partial charge is 0.378 e. The molecule has 1 fully saturated rings. The summed E-state index contributed by atoms with van der Waals surface area (Å²) < 4.78 is 5.32. The van der Waals surface area contributed by atoms with Gasteiger partial charge in [0.15, 0.2) is 0 Å². The van der Waals surface area contributed by atoms with Gasteiger partial charge in [-0.25, -0.2) is 0 Å². The minimum absolute atomic E-state index is 0.157. The van der Waals surface area contributed by atoms with Gasteiger partial charge in [-0.15, -0.1) is 0 Å². The van der Waals surface area contributed by atoms with E-state index in [1.165, 1.54) is 16.7 Å². The van der Waals surface area contributed by atoms with Gasteiger partial charge in [-0.1, -0.05) is 0 Å². The number of ether oxygens (including phenoxy) is 1. The van der Waals surface area contributed by atoms with Crippen LogP contribution in [0.2, 0.25) is 0 Å². The van der Waals surface area contributed by atoms with E-state index in [0.29, 0.717) is 26.3 Å². The van der Waals surface area contributed by atoms with Crippen molar-refractivity contribution in [3.8, 4) is 0 Å². The second kappa shape index (κ2) is 5.33. The molecule has 0 N–H and O–H groups in total. The Bertz CT molecular complexity index is 485. The first-order chi connectivity index (χ1) is 8.95. The van der Waals surface area contributed by atoms with Crippen molar-refractivity contribution < 1.29 is 9.53 Å². The molecule has 0 atom stereocenters. The number of hydrogen-bond donors (Lipinski definition) is 0. The van der Waals surface area contributed by atoms with Crippen molar-refractivity contribution in [3.05, 3.63) is 33.4 Å². The molecule has 1 aromatic carbocycles. The Balaban J connectivity index is 2.47. The van der Waals surface area contributed by atoms with Gasteiger partial charge in [0.25, 0.3) is 5.91 Å². The molecular formula is C16H23NO2. The smallest absolute Gasteiger partial charge is 0.254 e. The van der Waals surface area contributed by atoms with E-state index in [1.54, 1.807) is 0 Å². The van der Waals surface area contributed by atoms with E-state index >= 15 is 0 Å². The summed E-state index contributed by atoms with van der Waals surface area (Å²) in [5.41, 5.74) is 6.91. The first-order valence-electron chi connectivity index (χ1n) is 6.89. The number of benzene rings is 1. The third-order valence-corrected chi connectivity index (χ3v) is 4.51. The Hall–Kier alpha value is -1.35. The quantitative estimate of drug-likeness (QED) is 0.778. The number of hydrogen-bond acceptors (Lipinski definition) is 2. The zero-order chi connectivity index (χ0) is 14.2. The molecule has 0 unspecified atom stereocenters. The maximum atomic E-state index is 12.7. The van der Waals surface area contributed by atoms with Gasteiger partial charge in [0.05, 0.1) is 13.2 Å². The lowest BCUT2D eigenvalue weighted by atomic mass is 9.89. The molecule has 104 valence electrons. The monoisotopic (exact) mass is 261 g/mol. The summed E-state index contributed by atoms with van der Waals surface area (Å²) in [6.45, 7) is 13.1. The first kappa shape index (κ1) is 14.1. The lowest BCUT2D eigenvalue weighted by molar-refractivity contribution is 0.0301. The third-order valence-electron chi connectivity index (χ3n) is 4.51. The van der Waals surface area contributed by atoms with Crippen LogP contribution < -0.4 is 0 Å². The minimum atomic E-state index is 0.157. The van der Waals surface area contributed by atoms with Crippen molar-refractivity contribution >= 4 is 5.91 Å². The van der Waals surface area contributed by atoms with Crippen LogP contribution in [0.1, 0.15) is 38.2 Å². The highest BCUT2D eigenvalue weighted by Gasteiger charge is 2.24. The fourth-order valence-corrected chi connectivity index (χ4v) is 2.75. The fraction of sp³-hybridized carbons (Fsp3) is 0.562. The highest BCUT2D eigenvalue weighted by Crippen LogP contribution is 2.27. The second-order valence-electron chi connectivity index (χ2n) is 5.40. The van der Waals surface area contributed by atoms with E-state index in [-0.39, 0.29) is 5.91 Å². The average molecular weight is 261 g/mol. The summed E-state index contributed by atoms with van der Waals surface area (Å²) in [5.74, 6) is 0.157. The Kier molecular flexibility index (Phi) is 3.95. The third kappa shape index (κ3) is 2.39. The number of amides is 1. The van der Waals surface area contributed by atoms with Crippen LogP contribution in [0.3, 0.4) is 0 Å². The van der Waals surface area contributed by atoms with E-state index in [4.69, 9.17) is 4.74 Å². The molecule has 0 aromatic heterocycles. The second-order valence-corrected chi connectivity index (χ2v) is 5.40. The summed E-state index contributed by atoms with van der Waals surface area (Å²) in [6, 6.07) is 0. The Morgan fingerprint density at radius 1 is 0.842 bits per heavy atom. The van der Waals surface area contributed by atoms with Crippen molar-refractivity contribution in [2.45, 2.75) is 34.6 Å². The molecule has 1 aromatic rings. The zero-order valence-corrected chi connectivity index (χ0v) is 12.6. The summed E-state index contributed by atoms with van der Waals surface area (Å²) >= 11 is 0. The predicted molar refractivity (Wildman–Crippen MR) is 76.8 cm³/mol. The molecule has 1 heterocycles. The summed E-state index contributed by atoms with van der Waals surface area (Å²) in [5, 5.41) is 0. The summed E-state index contributed by atoms with van der Waals surface area (Å²) in [6.07, 6.45) is 0. The lowest BCUT2D eigenvalue weighted by Crippen LogP contribution is -2.41. The van der Waals surface area contributed by atoms with Crippen molar-refractivity contribution in [1.29, 1.82) is 0 Å². The predicted octanol–water partition coefficient (Wildman–Crippen LogP) is 2.70.